The molecule has 1 aliphatic heterocycles. The van der Waals surface area contributed by atoms with E-state index in [4.69, 9.17) is 5.73 Å². The molecule has 132 valence electrons. The topological polar surface area (TPSA) is 58.3 Å². The molecular formula is C20H27N5. The molecule has 2 fully saturated rings. The van der Waals surface area contributed by atoms with Crippen LogP contribution in [0.15, 0.2) is 36.7 Å². The van der Waals surface area contributed by atoms with E-state index in [-0.39, 0.29) is 0 Å². The number of nitrogens with two attached hydrogens (primary N) is 1. The van der Waals surface area contributed by atoms with Crippen molar-refractivity contribution in [1.82, 2.24) is 9.97 Å². The van der Waals surface area contributed by atoms with Crippen LogP contribution >= 0.6 is 0 Å². The van der Waals surface area contributed by atoms with Crippen LogP contribution in [-0.4, -0.2) is 42.2 Å². The van der Waals surface area contributed by atoms with Crippen LogP contribution in [0.5, 0.6) is 0 Å². The largest absolute Gasteiger partial charge is 0.369 e. The molecule has 2 aromatic rings. The molecule has 1 aromatic carbocycles. The highest BCUT2D eigenvalue weighted by atomic mass is 15.3. The van der Waals surface area contributed by atoms with Crippen molar-refractivity contribution in [2.75, 3.05) is 36.0 Å². The minimum Gasteiger partial charge on any atom is -0.369 e. The Kier molecular flexibility index (Phi) is 4.57. The Bertz CT molecular complexity index is 726. The lowest BCUT2D eigenvalue weighted by Crippen LogP contribution is -2.35. The predicted molar refractivity (Wildman–Crippen MR) is 102 cm³/mol. The smallest absolute Gasteiger partial charge is 0.132 e. The number of hydrogen-bond donors (Lipinski definition) is 1. The molecule has 0 amide bonds. The molecule has 0 bridgehead atoms. The van der Waals surface area contributed by atoms with Gasteiger partial charge in [-0.2, -0.15) is 0 Å². The Morgan fingerprint density at radius 2 is 1.76 bits per heavy atom. The Morgan fingerprint density at radius 1 is 1.00 bits per heavy atom. The lowest BCUT2D eigenvalue weighted by atomic mass is 9.78. The number of aryl methyl sites for hydroxylation is 1. The van der Waals surface area contributed by atoms with Crippen LogP contribution in [0, 0.1) is 6.92 Å². The van der Waals surface area contributed by atoms with Crippen molar-refractivity contribution in [3.05, 3.63) is 47.9 Å². The second-order valence-corrected chi connectivity index (χ2v) is 7.34. The van der Waals surface area contributed by atoms with E-state index in [9.17, 15) is 0 Å². The summed E-state index contributed by atoms with van der Waals surface area (Å²) in [7, 11) is 0. The molecular weight excluding hydrogens is 310 g/mol. The zero-order valence-corrected chi connectivity index (χ0v) is 14.9. The Morgan fingerprint density at radius 3 is 2.56 bits per heavy atom. The number of benzene rings is 1. The first kappa shape index (κ1) is 16.3. The van der Waals surface area contributed by atoms with Crippen LogP contribution < -0.4 is 15.5 Å². The molecule has 2 N–H and O–H groups in total. The van der Waals surface area contributed by atoms with Crippen molar-refractivity contribution < 1.29 is 0 Å². The van der Waals surface area contributed by atoms with Crippen molar-refractivity contribution in [3.63, 3.8) is 0 Å². The molecule has 5 heteroatoms. The zero-order chi connectivity index (χ0) is 17.2. The summed E-state index contributed by atoms with van der Waals surface area (Å²) in [5.41, 5.74) is 9.80. The molecule has 4 rings (SSSR count). The van der Waals surface area contributed by atoms with Gasteiger partial charge in [-0.05, 0) is 37.8 Å². The van der Waals surface area contributed by atoms with E-state index in [1.165, 1.54) is 11.3 Å². The van der Waals surface area contributed by atoms with E-state index in [0.717, 1.165) is 57.0 Å². The predicted octanol–water partition coefficient (Wildman–Crippen LogP) is 2.71. The molecule has 2 heterocycles. The highest BCUT2D eigenvalue weighted by Gasteiger charge is 2.29. The summed E-state index contributed by atoms with van der Waals surface area (Å²) in [6.07, 6.45) is 4.97. The molecule has 5 nitrogen and oxygen atoms in total. The van der Waals surface area contributed by atoms with Crippen LogP contribution in [0.25, 0.3) is 0 Å². The maximum absolute atomic E-state index is 5.93. The molecule has 1 aliphatic carbocycles. The van der Waals surface area contributed by atoms with E-state index >= 15 is 0 Å². The fraction of sp³-hybridized carbons (Fsp3) is 0.500. The highest BCUT2D eigenvalue weighted by molar-refractivity contribution is 5.53. The molecule has 0 atom stereocenters. The average Bonchev–Trinajstić information content (AvgIpc) is 2.86. The lowest BCUT2D eigenvalue weighted by molar-refractivity contribution is 0.345. The first-order chi connectivity index (χ1) is 12.2. The number of aromatic nitrogens is 2. The Balaban J connectivity index is 1.46. The second kappa shape index (κ2) is 7.00. The first-order valence-corrected chi connectivity index (χ1v) is 9.34. The monoisotopic (exact) mass is 337 g/mol. The Hall–Kier alpha value is -2.14. The third-order valence-corrected chi connectivity index (χ3v) is 5.54. The van der Waals surface area contributed by atoms with E-state index < -0.39 is 0 Å². The van der Waals surface area contributed by atoms with Gasteiger partial charge < -0.3 is 15.5 Å². The molecule has 1 aromatic heterocycles. The first-order valence-electron chi connectivity index (χ1n) is 9.34. The normalized spacial score (nSPS) is 23.9. The van der Waals surface area contributed by atoms with Gasteiger partial charge >= 0.3 is 0 Å². The lowest BCUT2D eigenvalue weighted by Gasteiger charge is -2.32. The summed E-state index contributed by atoms with van der Waals surface area (Å²) in [6, 6.07) is 11.2. The van der Waals surface area contributed by atoms with Crippen LogP contribution in [0.3, 0.4) is 0 Å². The fourth-order valence-electron chi connectivity index (χ4n) is 3.97. The van der Waals surface area contributed by atoms with E-state index in [1.54, 1.807) is 6.33 Å². The van der Waals surface area contributed by atoms with Gasteiger partial charge in [0.2, 0.25) is 0 Å². The van der Waals surface area contributed by atoms with Crippen molar-refractivity contribution in [3.8, 4) is 0 Å². The van der Waals surface area contributed by atoms with Crippen LogP contribution in [-0.2, 0) is 0 Å². The fourth-order valence-corrected chi connectivity index (χ4v) is 3.97. The van der Waals surface area contributed by atoms with Crippen molar-refractivity contribution >= 4 is 11.5 Å². The summed E-state index contributed by atoms with van der Waals surface area (Å²) in [5, 5.41) is 0. The maximum atomic E-state index is 5.93. The molecule has 2 aliphatic rings. The summed E-state index contributed by atoms with van der Waals surface area (Å²) in [6.45, 7) is 6.35. The zero-order valence-electron chi connectivity index (χ0n) is 14.9. The molecule has 0 radical (unpaired) electrons. The van der Waals surface area contributed by atoms with Gasteiger partial charge in [0.25, 0.3) is 0 Å². The minimum atomic E-state index is 0.351. The SMILES string of the molecule is Cc1ccccc1N1CCCN(c2cc(C3CC(N)C3)ncn2)CC1. The van der Waals surface area contributed by atoms with Gasteiger partial charge in [0.15, 0.2) is 0 Å². The number of hydrogen-bond acceptors (Lipinski definition) is 5. The van der Waals surface area contributed by atoms with Gasteiger partial charge in [0, 0.05) is 55.6 Å². The summed E-state index contributed by atoms with van der Waals surface area (Å²) >= 11 is 0. The number of para-hydroxylation sites is 1. The molecule has 1 saturated carbocycles. The van der Waals surface area contributed by atoms with E-state index in [2.05, 4.69) is 57.0 Å². The summed E-state index contributed by atoms with van der Waals surface area (Å²) < 4.78 is 0. The number of rotatable bonds is 3. The van der Waals surface area contributed by atoms with Gasteiger partial charge in [-0.15, -0.1) is 0 Å². The Labute approximate surface area is 149 Å². The van der Waals surface area contributed by atoms with E-state index in [0.29, 0.717) is 12.0 Å². The third kappa shape index (κ3) is 3.47. The maximum Gasteiger partial charge on any atom is 0.132 e. The standard InChI is InChI=1S/C20H27N5/c1-15-5-2-3-6-19(15)24-7-4-8-25(10-9-24)20-13-18(22-14-23-20)16-11-17(21)12-16/h2-3,5-6,13-14,16-17H,4,7-12,21H2,1H3. The molecule has 1 saturated heterocycles. The van der Waals surface area contributed by atoms with Crippen molar-refractivity contribution in [2.24, 2.45) is 5.73 Å². The molecule has 0 spiro atoms. The van der Waals surface area contributed by atoms with Gasteiger partial charge in [0.1, 0.15) is 12.1 Å². The minimum absolute atomic E-state index is 0.351. The third-order valence-electron chi connectivity index (χ3n) is 5.54. The highest BCUT2D eigenvalue weighted by Crippen LogP contribution is 2.35. The summed E-state index contributed by atoms with van der Waals surface area (Å²) in [4.78, 5) is 13.9. The molecule has 25 heavy (non-hydrogen) atoms. The number of nitrogens with zero attached hydrogens (tertiary/aromatic N) is 4. The summed E-state index contributed by atoms with van der Waals surface area (Å²) in [5.74, 6) is 1.59. The van der Waals surface area contributed by atoms with Crippen LogP contribution in [0.1, 0.15) is 36.4 Å². The quantitative estimate of drug-likeness (QED) is 0.933. The van der Waals surface area contributed by atoms with E-state index in [1.807, 2.05) is 0 Å². The van der Waals surface area contributed by atoms with Gasteiger partial charge in [-0.25, -0.2) is 9.97 Å². The van der Waals surface area contributed by atoms with Gasteiger partial charge in [-0.3, -0.25) is 0 Å². The van der Waals surface area contributed by atoms with Gasteiger partial charge in [-0.1, -0.05) is 18.2 Å². The molecule has 0 unspecified atom stereocenters. The van der Waals surface area contributed by atoms with Crippen LogP contribution in [0.4, 0.5) is 11.5 Å². The van der Waals surface area contributed by atoms with Crippen molar-refractivity contribution in [1.29, 1.82) is 0 Å². The number of anilines is 2. The van der Waals surface area contributed by atoms with Gasteiger partial charge in [0.05, 0.1) is 0 Å². The average molecular weight is 337 g/mol. The van der Waals surface area contributed by atoms with Crippen molar-refractivity contribution in [2.45, 2.75) is 38.1 Å². The second-order valence-electron chi connectivity index (χ2n) is 7.34. The van der Waals surface area contributed by atoms with Crippen LogP contribution in [0.2, 0.25) is 0 Å².